The van der Waals surface area contributed by atoms with Crippen molar-refractivity contribution in [3.05, 3.63) is 52.2 Å². The lowest BCUT2D eigenvalue weighted by molar-refractivity contribution is 0.487. The van der Waals surface area contributed by atoms with Gasteiger partial charge in [0.15, 0.2) is 0 Å². The molecule has 5 heteroatoms. The van der Waals surface area contributed by atoms with Crippen LogP contribution in [0.15, 0.2) is 28.7 Å². The molecule has 0 radical (unpaired) electrons. The van der Waals surface area contributed by atoms with Gasteiger partial charge in [-0.25, -0.2) is 4.98 Å². The van der Waals surface area contributed by atoms with Gasteiger partial charge < -0.3 is 4.42 Å². The van der Waals surface area contributed by atoms with Gasteiger partial charge in [-0.2, -0.15) is 0 Å². The van der Waals surface area contributed by atoms with Crippen LogP contribution in [-0.2, 0) is 22.3 Å². The molecule has 2 aromatic rings. The second-order valence-corrected chi connectivity index (χ2v) is 6.00. The minimum Gasteiger partial charge on any atom is -0.445 e. The minimum atomic E-state index is -1.02. The smallest absolute Gasteiger partial charge is 0.207 e. The number of benzene rings is 1. The van der Waals surface area contributed by atoms with Crippen LogP contribution in [0, 0.1) is 13.8 Å². The van der Waals surface area contributed by atoms with Crippen LogP contribution < -0.4 is 0 Å². The summed E-state index contributed by atoms with van der Waals surface area (Å²) in [6.45, 7) is 3.73. The molecule has 0 spiro atoms. The summed E-state index contributed by atoms with van der Waals surface area (Å²) in [4.78, 5) is 4.23. The molecule has 3 nitrogen and oxygen atoms in total. The molecule has 1 aromatic carbocycles. The van der Waals surface area contributed by atoms with Gasteiger partial charge in [0.25, 0.3) is 0 Å². The summed E-state index contributed by atoms with van der Waals surface area (Å²) in [5, 5.41) is 0.684. The van der Waals surface area contributed by atoms with E-state index < -0.39 is 10.8 Å². The average Bonchev–Trinajstić information content (AvgIpc) is 2.61. The van der Waals surface area contributed by atoms with Crippen LogP contribution in [-0.4, -0.2) is 9.19 Å². The van der Waals surface area contributed by atoms with Gasteiger partial charge in [-0.1, -0.05) is 23.7 Å². The Morgan fingerprint density at radius 3 is 2.44 bits per heavy atom. The van der Waals surface area contributed by atoms with Gasteiger partial charge in [0.05, 0.1) is 5.69 Å². The molecule has 0 saturated carbocycles. The number of aryl methyl sites for hydroxylation is 2. The fraction of sp³-hybridized carbons (Fsp3) is 0.308. The number of nitrogens with zero attached hydrogens (tertiary/aromatic N) is 1. The van der Waals surface area contributed by atoms with Gasteiger partial charge in [0.2, 0.25) is 5.89 Å². The molecule has 1 unspecified atom stereocenters. The molecule has 1 atom stereocenters. The van der Waals surface area contributed by atoms with Crippen molar-refractivity contribution in [2.45, 2.75) is 25.4 Å². The molecule has 0 aliphatic rings. The molecule has 0 aliphatic heterocycles. The molecule has 0 aliphatic carbocycles. The summed E-state index contributed by atoms with van der Waals surface area (Å²) in [5.74, 6) is 2.15. The molecule has 1 heterocycles. The highest BCUT2D eigenvalue weighted by Gasteiger charge is 2.10. The van der Waals surface area contributed by atoms with Crippen molar-refractivity contribution in [3.8, 4) is 0 Å². The van der Waals surface area contributed by atoms with Crippen LogP contribution in [0.3, 0.4) is 0 Å². The van der Waals surface area contributed by atoms with Crippen molar-refractivity contribution >= 4 is 22.4 Å². The Labute approximate surface area is 114 Å². The predicted molar refractivity (Wildman–Crippen MR) is 73.0 cm³/mol. The monoisotopic (exact) mass is 283 g/mol. The number of oxazole rings is 1. The molecule has 0 bridgehead atoms. The van der Waals surface area contributed by atoms with Crippen LogP contribution in [0.25, 0.3) is 0 Å². The summed E-state index contributed by atoms with van der Waals surface area (Å²) >= 11 is 5.80. The van der Waals surface area contributed by atoms with Crippen molar-refractivity contribution in [2.75, 3.05) is 0 Å². The van der Waals surface area contributed by atoms with Crippen molar-refractivity contribution in [1.82, 2.24) is 4.98 Å². The van der Waals surface area contributed by atoms with Crippen molar-refractivity contribution in [1.29, 1.82) is 0 Å². The maximum absolute atomic E-state index is 12.0. The molecule has 0 N–H and O–H groups in total. The summed E-state index contributed by atoms with van der Waals surface area (Å²) in [5.41, 5.74) is 1.85. The van der Waals surface area contributed by atoms with Crippen molar-refractivity contribution < 1.29 is 8.63 Å². The lowest BCUT2D eigenvalue weighted by Crippen LogP contribution is -1.99. The van der Waals surface area contributed by atoms with E-state index in [-0.39, 0.29) is 0 Å². The van der Waals surface area contributed by atoms with Crippen molar-refractivity contribution in [3.63, 3.8) is 0 Å². The molecule has 0 fully saturated rings. The number of hydrogen-bond donors (Lipinski definition) is 0. The molecule has 0 amide bonds. The van der Waals surface area contributed by atoms with E-state index in [9.17, 15) is 4.21 Å². The SMILES string of the molecule is Cc1nc(CS(=O)Cc2ccc(Cl)cc2)oc1C. The molecule has 96 valence electrons. The topological polar surface area (TPSA) is 43.1 Å². The van der Waals surface area contributed by atoms with Crippen LogP contribution in [0.2, 0.25) is 5.02 Å². The highest BCUT2D eigenvalue weighted by atomic mass is 35.5. The van der Waals surface area contributed by atoms with E-state index >= 15 is 0 Å². The lowest BCUT2D eigenvalue weighted by Gasteiger charge is -2.00. The van der Waals surface area contributed by atoms with Crippen LogP contribution in [0.1, 0.15) is 22.9 Å². The molecular weight excluding hydrogens is 270 g/mol. The Kier molecular flexibility index (Phi) is 4.19. The highest BCUT2D eigenvalue weighted by Crippen LogP contribution is 2.14. The zero-order chi connectivity index (χ0) is 13.1. The molecular formula is C13H14ClNO2S. The third-order valence-corrected chi connectivity index (χ3v) is 4.07. The average molecular weight is 284 g/mol. The Bertz CT molecular complexity index is 543. The number of hydrogen-bond acceptors (Lipinski definition) is 3. The van der Waals surface area contributed by atoms with Gasteiger partial charge >= 0.3 is 0 Å². The summed E-state index contributed by atoms with van der Waals surface area (Å²) in [7, 11) is -1.02. The van der Waals surface area contributed by atoms with Gasteiger partial charge in [0.1, 0.15) is 11.5 Å². The van der Waals surface area contributed by atoms with E-state index in [1.165, 1.54) is 0 Å². The second kappa shape index (κ2) is 5.67. The maximum atomic E-state index is 12.0. The van der Waals surface area contributed by atoms with E-state index in [1.807, 2.05) is 26.0 Å². The second-order valence-electron chi connectivity index (χ2n) is 4.10. The normalized spacial score (nSPS) is 12.6. The summed E-state index contributed by atoms with van der Waals surface area (Å²) in [6, 6.07) is 7.36. The Morgan fingerprint density at radius 2 is 1.89 bits per heavy atom. The molecule has 2 rings (SSSR count). The van der Waals surface area contributed by atoms with E-state index in [4.69, 9.17) is 16.0 Å². The highest BCUT2D eigenvalue weighted by molar-refractivity contribution is 7.83. The molecule has 0 saturated heterocycles. The summed E-state index contributed by atoms with van der Waals surface area (Å²) < 4.78 is 17.4. The fourth-order valence-corrected chi connectivity index (χ4v) is 2.75. The standard InChI is InChI=1S/C13H14ClNO2S/c1-9-10(2)17-13(15-9)8-18(16)7-11-3-5-12(14)6-4-11/h3-6H,7-8H2,1-2H3. The first-order chi connectivity index (χ1) is 8.54. The minimum absolute atomic E-state index is 0.345. The first kappa shape index (κ1) is 13.3. The lowest BCUT2D eigenvalue weighted by atomic mass is 10.2. The fourth-order valence-electron chi connectivity index (χ4n) is 1.56. The van der Waals surface area contributed by atoms with Gasteiger partial charge in [-0.15, -0.1) is 0 Å². The number of aromatic nitrogens is 1. The van der Waals surface area contributed by atoms with E-state index in [2.05, 4.69) is 4.98 Å². The van der Waals surface area contributed by atoms with Crippen LogP contribution >= 0.6 is 11.6 Å². The van der Waals surface area contributed by atoms with E-state index in [1.54, 1.807) is 12.1 Å². The van der Waals surface area contributed by atoms with E-state index in [0.717, 1.165) is 17.0 Å². The zero-order valence-electron chi connectivity index (χ0n) is 10.3. The van der Waals surface area contributed by atoms with Gasteiger partial charge in [-0.05, 0) is 31.5 Å². The first-order valence-corrected chi connectivity index (χ1v) is 7.43. The zero-order valence-corrected chi connectivity index (χ0v) is 11.8. The number of rotatable bonds is 4. The summed E-state index contributed by atoms with van der Waals surface area (Å²) in [6.07, 6.45) is 0. The quantitative estimate of drug-likeness (QED) is 0.864. The Hall–Kier alpha value is -1.13. The van der Waals surface area contributed by atoms with Gasteiger partial charge in [0, 0.05) is 21.6 Å². The first-order valence-electron chi connectivity index (χ1n) is 5.57. The molecule has 18 heavy (non-hydrogen) atoms. The maximum Gasteiger partial charge on any atom is 0.207 e. The largest absolute Gasteiger partial charge is 0.445 e. The van der Waals surface area contributed by atoms with Crippen LogP contribution in [0.4, 0.5) is 0 Å². The van der Waals surface area contributed by atoms with Gasteiger partial charge in [-0.3, -0.25) is 4.21 Å². The number of halogens is 1. The van der Waals surface area contributed by atoms with E-state index in [0.29, 0.717) is 22.4 Å². The Morgan fingerprint density at radius 1 is 1.22 bits per heavy atom. The third-order valence-electron chi connectivity index (χ3n) is 2.60. The third kappa shape index (κ3) is 3.43. The molecule has 1 aromatic heterocycles. The predicted octanol–water partition coefficient (Wildman–Crippen LogP) is 3.39. The van der Waals surface area contributed by atoms with Crippen LogP contribution in [0.5, 0.6) is 0 Å². The Balaban J connectivity index is 1.98. The van der Waals surface area contributed by atoms with Crippen molar-refractivity contribution in [2.24, 2.45) is 0 Å².